The van der Waals surface area contributed by atoms with Gasteiger partial charge in [-0.3, -0.25) is 10.1 Å². The van der Waals surface area contributed by atoms with Crippen LogP contribution in [0.25, 0.3) is 33.6 Å². The SMILES string of the molecule is Cc1cnc2oc(-c3ccc(-c4ccc(C5(OC=O)CC5)cc4)cc3)c(NC(=O)O[C@H](C)c3ccccc3)c2c1. The second-order valence-electron chi connectivity index (χ2n) is 10.1. The Kier molecular flexibility index (Phi) is 6.56. The highest BCUT2D eigenvalue weighted by Gasteiger charge is 2.46. The minimum absolute atomic E-state index is 0.423. The fourth-order valence-electron chi connectivity index (χ4n) is 4.96. The van der Waals surface area contributed by atoms with Gasteiger partial charge in [-0.2, -0.15) is 0 Å². The fraction of sp³-hybridized carbons (Fsp3) is 0.182. The van der Waals surface area contributed by atoms with E-state index < -0.39 is 17.8 Å². The van der Waals surface area contributed by atoms with Crippen LogP contribution in [0.3, 0.4) is 0 Å². The van der Waals surface area contributed by atoms with Crippen LogP contribution in [0.1, 0.15) is 42.6 Å². The van der Waals surface area contributed by atoms with E-state index in [0.29, 0.717) is 29.0 Å². The first-order chi connectivity index (χ1) is 19.5. The highest BCUT2D eigenvalue weighted by atomic mass is 16.6. The average Bonchev–Trinajstić information content (AvgIpc) is 3.69. The number of nitrogens with one attached hydrogen (secondary N) is 1. The van der Waals surface area contributed by atoms with E-state index >= 15 is 0 Å². The van der Waals surface area contributed by atoms with Gasteiger partial charge >= 0.3 is 6.09 Å². The third kappa shape index (κ3) is 4.94. The van der Waals surface area contributed by atoms with Crippen molar-refractivity contribution in [3.8, 4) is 22.5 Å². The highest BCUT2D eigenvalue weighted by Crippen LogP contribution is 2.49. The number of furan rings is 1. The number of anilines is 1. The van der Waals surface area contributed by atoms with Gasteiger partial charge in [-0.15, -0.1) is 0 Å². The molecule has 2 heterocycles. The van der Waals surface area contributed by atoms with Crippen LogP contribution in [-0.4, -0.2) is 17.5 Å². The molecule has 200 valence electrons. The lowest BCUT2D eigenvalue weighted by molar-refractivity contribution is -0.136. The summed E-state index contributed by atoms with van der Waals surface area (Å²) in [7, 11) is 0. The van der Waals surface area contributed by atoms with Crippen molar-refractivity contribution in [1.82, 2.24) is 4.98 Å². The largest absolute Gasteiger partial charge is 0.456 e. The molecule has 40 heavy (non-hydrogen) atoms. The topological polar surface area (TPSA) is 90.7 Å². The van der Waals surface area contributed by atoms with Crippen LogP contribution in [0, 0.1) is 6.92 Å². The molecule has 1 N–H and O–H groups in total. The second kappa shape index (κ2) is 10.3. The number of rotatable bonds is 8. The number of nitrogens with zero attached hydrogens (tertiary/aromatic N) is 1. The van der Waals surface area contributed by atoms with Gasteiger partial charge in [-0.1, -0.05) is 78.9 Å². The number of hydrogen-bond donors (Lipinski definition) is 1. The Balaban J connectivity index is 1.27. The van der Waals surface area contributed by atoms with Gasteiger partial charge in [-0.25, -0.2) is 9.78 Å². The summed E-state index contributed by atoms with van der Waals surface area (Å²) in [5, 5.41) is 3.61. The van der Waals surface area contributed by atoms with E-state index in [9.17, 15) is 9.59 Å². The van der Waals surface area contributed by atoms with E-state index in [1.165, 1.54) is 0 Å². The van der Waals surface area contributed by atoms with Crippen molar-refractivity contribution in [3.63, 3.8) is 0 Å². The Bertz CT molecular complexity index is 1670. The Morgan fingerprint density at radius 3 is 2.27 bits per heavy atom. The van der Waals surface area contributed by atoms with Crippen LogP contribution in [0.4, 0.5) is 10.5 Å². The second-order valence-corrected chi connectivity index (χ2v) is 10.1. The van der Waals surface area contributed by atoms with Crippen molar-refractivity contribution in [2.24, 2.45) is 0 Å². The van der Waals surface area contributed by atoms with Crippen molar-refractivity contribution < 1.29 is 23.5 Å². The summed E-state index contributed by atoms with van der Waals surface area (Å²) >= 11 is 0. The van der Waals surface area contributed by atoms with Crippen molar-refractivity contribution in [1.29, 1.82) is 0 Å². The van der Waals surface area contributed by atoms with Crippen LogP contribution in [0.2, 0.25) is 0 Å². The van der Waals surface area contributed by atoms with Gasteiger partial charge in [0, 0.05) is 11.8 Å². The maximum Gasteiger partial charge on any atom is 0.412 e. The Morgan fingerprint density at radius 2 is 1.62 bits per heavy atom. The maximum absolute atomic E-state index is 13.0. The standard InChI is InChI=1S/C33H28N2O5/c1-21-18-28-29(35-32(37)39-22(2)23-6-4-3-5-7-23)30(40-31(28)34-19-21)26-10-8-24(9-11-26)25-12-14-27(15-13-25)33(16-17-33)38-20-36/h3-15,18-20,22H,16-17H2,1-2H3,(H,35,37)/t22-/m1/s1. The van der Waals surface area contributed by atoms with E-state index in [-0.39, 0.29) is 0 Å². The first-order valence-electron chi connectivity index (χ1n) is 13.2. The Morgan fingerprint density at radius 1 is 0.975 bits per heavy atom. The van der Waals surface area contributed by atoms with Gasteiger partial charge in [0.05, 0.1) is 5.39 Å². The number of benzene rings is 3. The van der Waals surface area contributed by atoms with Crippen molar-refractivity contribution in [3.05, 3.63) is 108 Å². The highest BCUT2D eigenvalue weighted by molar-refractivity contribution is 6.04. The van der Waals surface area contributed by atoms with E-state index in [2.05, 4.69) is 10.3 Å². The zero-order valence-corrected chi connectivity index (χ0v) is 22.2. The molecule has 1 saturated carbocycles. The molecule has 0 radical (unpaired) electrons. The molecular formula is C33H28N2O5. The third-order valence-corrected chi connectivity index (χ3v) is 7.33. The van der Waals surface area contributed by atoms with Gasteiger partial charge in [0.25, 0.3) is 6.47 Å². The van der Waals surface area contributed by atoms with Crippen LogP contribution in [0.15, 0.2) is 95.5 Å². The molecule has 0 spiro atoms. The molecule has 5 aromatic rings. The average molecular weight is 533 g/mol. The Hall–Kier alpha value is -4.91. The summed E-state index contributed by atoms with van der Waals surface area (Å²) in [6.07, 6.45) is 2.42. The summed E-state index contributed by atoms with van der Waals surface area (Å²) in [5.74, 6) is 0.501. The zero-order valence-electron chi connectivity index (χ0n) is 22.2. The van der Waals surface area contributed by atoms with Crippen LogP contribution in [0.5, 0.6) is 0 Å². The van der Waals surface area contributed by atoms with E-state index in [0.717, 1.165) is 46.2 Å². The number of aromatic nitrogens is 1. The number of fused-ring (bicyclic) bond motifs is 1. The molecule has 0 unspecified atom stereocenters. The minimum Gasteiger partial charge on any atom is -0.456 e. The lowest BCUT2D eigenvalue weighted by Crippen LogP contribution is -2.16. The molecule has 3 aromatic carbocycles. The smallest absolute Gasteiger partial charge is 0.412 e. The van der Waals surface area contributed by atoms with Crippen molar-refractivity contribution in [2.45, 2.75) is 38.4 Å². The van der Waals surface area contributed by atoms with Crippen LogP contribution < -0.4 is 5.32 Å². The first-order valence-corrected chi connectivity index (χ1v) is 13.2. The first kappa shape index (κ1) is 25.4. The molecule has 0 aliphatic heterocycles. The van der Waals surface area contributed by atoms with Gasteiger partial charge in [0.2, 0.25) is 5.71 Å². The zero-order chi connectivity index (χ0) is 27.7. The molecule has 6 rings (SSSR count). The van der Waals surface area contributed by atoms with Gasteiger partial charge in [0.15, 0.2) is 5.76 Å². The van der Waals surface area contributed by atoms with E-state index in [4.69, 9.17) is 13.9 Å². The molecule has 2 aromatic heterocycles. The molecule has 0 saturated heterocycles. The molecule has 7 nitrogen and oxygen atoms in total. The monoisotopic (exact) mass is 532 g/mol. The normalized spacial score (nSPS) is 14.3. The number of pyridine rings is 1. The summed E-state index contributed by atoms with van der Waals surface area (Å²) < 4.78 is 17.1. The summed E-state index contributed by atoms with van der Waals surface area (Å²) in [6.45, 7) is 4.30. The third-order valence-electron chi connectivity index (χ3n) is 7.33. The van der Waals surface area contributed by atoms with Gasteiger partial charge < -0.3 is 13.9 Å². The minimum atomic E-state index is -0.578. The van der Waals surface area contributed by atoms with E-state index in [1.54, 1.807) is 6.20 Å². The predicted molar refractivity (Wildman–Crippen MR) is 153 cm³/mol. The number of hydrogen-bond acceptors (Lipinski definition) is 6. The van der Waals surface area contributed by atoms with Crippen molar-refractivity contribution in [2.75, 3.05) is 5.32 Å². The molecule has 7 heteroatoms. The number of aryl methyl sites for hydroxylation is 1. The Labute approximate surface area is 231 Å². The molecular weight excluding hydrogens is 504 g/mol. The number of carbonyl (C=O) groups excluding carboxylic acids is 2. The molecule has 0 bridgehead atoms. The van der Waals surface area contributed by atoms with Gasteiger partial charge in [-0.05, 0) is 60.6 Å². The summed E-state index contributed by atoms with van der Waals surface area (Å²) in [4.78, 5) is 28.3. The fourth-order valence-corrected chi connectivity index (χ4v) is 4.96. The molecule has 1 atom stereocenters. The lowest BCUT2D eigenvalue weighted by atomic mass is 9.99. The molecule has 1 amide bonds. The van der Waals surface area contributed by atoms with E-state index in [1.807, 2.05) is 98.8 Å². The lowest BCUT2D eigenvalue weighted by Gasteiger charge is -2.15. The summed E-state index contributed by atoms with van der Waals surface area (Å²) in [5.41, 5.74) is 6.19. The van der Waals surface area contributed by atoms with Crippen LogP contribution >= 0.6 is 0 Å². The van der Waals surface area contributed by atoms with Gasteiger partial charge in [0.1, 0.15) is 17.4 Å². The molecule has 1 aliphatic carbocycles. The number of amides is 1. The van der Waals surface area contributed by atoms with Crippen molar-refractivity contribution >= 4 is 29.4 Å². The van der Waals surface area contributed by atoms with Crippen LogP contribution in [-0.2, 0) is 19.9 Å². The molecule has 1 aliphatic rings. The summed E-state index contributed by atoms with van der Waals surface area (Å²) in [6, 6.07) is 27.5. The number of ether oxygens (including phenoxy) is 2. The number of carbonyl (C=O) groups is 2. The maximum atomic E-state index is 13.0. The molecule has 1 fully saturated rings. The predicted octanol–water partition coefficient (Wildman–Crippen LogP) is 7.94. The quantitative estimate of drug-likeness (QED) is 0.204.